The van der Waals surface area contributed by atoms with Gasteiger partial charge in [-0.2, -0.15) is 5.10 Å². The summed E-state index contributed by atoms with van der Waals surface area (Å²) in [7, 11) is 3.36. The number of para-hydroxylation sites is 1. The maximum Gasteiger partial charge on any atom is 0.295 e. The molecule has 0 saturated heterocycles. The average molecular weight is 405 g/mol. The Kier molecular flexibility index (Phi) is 5.15. The summed E-state index contributed by atoms with van der Waals surface area (Å²) >= 11 is 11.1. The Morgan fingerprint density at radius 2 is 1.89 bits per heavy atom. The highest BCUT2D eigenvalue weighted by atomic mass is 35.5. The van der Waals surface area contributed by atoms with Gasteiger partial charge in [0.1, 0.15) is 11.4 Å². The van der Waals surface area contributed by atoms with E-state index in [1.165, 1.54) is 15.6 Å². The van der Waals surface area contributed by atoms with Gasteiger partial charge < -0.3 is 5.32 Å². The SMILES string of the molecule is Cc1c(NC(=S)NC(=O)c2c(Cl)cnn2C)c(=O)n(-c2ccccc2)n1C. The van der Waals surface area contributed by atoms with Crippen molar-refractivity contribution in [2.45, 2.75) is 6.92 Å². The first-order chi connectivity index (χ1) is 12.8. The summed E-state index contributed by atoms with van der Waals surface area (Å²) in [5, 5.41) is 9.43. The van der Waals surface area contributed by atoms with Crippen LogP contribution in [0.4, 0.5) is 5.69 Å². The number of benzene rings is 1. The van der Waals surface area contributed by atoms with E-state index in [1.54, 1.807) is 25.7 Å². The number of carbonyl (C=O) groups is 1. The summed E-state index contributed by atoms with van der Waals surface area (Å²) in [5.74, 6) is -0.519. The van der Waals surface area contributed by atoms with Crippen LogP contribution in [0.15, 0.2) is 41.3 Å². The maximum absolute atomic E-state index is 12.8. The number of aryl methyl sites for hydroxylation is 1. The molecule has 0 radical (unpaired) electrons. The Bertz CT molecular complexity index is 1060. The highest BCUT2D eigenvalue weighted by Crippen LogP contribution is 2.15. The number of carbonyl (C=O) groups excluding carboxylic acids is 1. The van der Waals surface area contributed by atoms with Crippen LogP contribution in [-0.4, -0.2) is 30.2 Å². The highest BCUT2D eigenvalue weighted by molar-refractivity contribution is 7.80. The molecule has 0 aliphatic carbocycles. The summed E-state index contributed by atoms with van der Waals surface area (Å²) < 4.78 is 4.57. The second-order valence-electron chi connectivity index (χ2n) is 5.81. The number of amides is 1. The molecule has 0 unspecified atom stereocenters. The van der Waals surface area contributed by atoms with Gasteiger partial charge in [-0.15, -0.1) is 0 Å². The van der Waals surface area contributed by atoms with Gasteiger partial charge in [0, 0.05) is 14.1 Å². The van der Waals surface area contributed by atoms with Crippen LogP contribution in [0.1, 0.15) is 16.2 Å². The number of hydrogen-bond acceptors (Lipinski definition) is 4. The summed E-state index contributed by atoms with van der Waals surface area (Å²) in [4.78, 5) is 25.2. The van der Waals surface area contributed by atoms with Crippen LogP contribution in [0.25, 0.3) is 5.69 Å². The zero-order valence-electron chi connectivity index (χ0n) is 14.9. The molecule has 27 heavy (non-hydrogen) atoms. The smallest absolute Gasteiger partial charge is 0.295 e. The molecule has 1 aromatic carbocycles. The van der Waals surface area contributed by atoms with Crippen LogP contribution in [0, 0.1) is 6.92 Å². The number of thiocarbonyl (C=S) groups is 1. The van der Waals surface area contributed by atoms with Crippen molar-refractivity contribution in [1.29, 1.82) is 0 Å². The van der Waals surface area contributed by atoms with E-state index in [1.807, 2.05) is 30.3 Å². The first-order valence-corrected chi connectivity index (χ1v) is 8.73. The van der Waals surface area contributed by atoms with E-state index in [9.17, 15) is 9.59 Å². The largest absolute Gasteiger partial charge is 0.326 e. The minimum Gasteiger partial charge on any atom is -0.326 e. The molecule has 0 bridgehead atoms. The fraction of sp³-hybridized carbons (Fsp3) is 0.176. The molecule has 0 fully saturated rings. The van der Waals surface area contributed by atoms with Crippen molar-refractivity contribution in [3.8, 4) is 5.69 Å². The lowest BCUT2D eigenvalue weighted by Crippen LogP contribution is -2.36. The quantitative estimate of drug-likeness (QED) is 0.652. The van der Waals surface area contributed by atoms with Gasteiger partial charge in [-0.05, 0) is 31.3 Å². The number of nitrogens with one attached hydrogen (secondary N) is 2. The predicted octanol–water partition coefficient (Wildman–Crippen LogP) is 2.00. The van der Waals surface area contributed by atoms with Gasteiger partial charge in [-0.25, -0.2) is 4.68 Å². The Morgan fingerprint density at radius 3 is 2.48 bits per heavy atom. The number of aromatic nitrogens is 4. The van der Waals surface area contributed by atoms with Crippen LogP contribution >= 0.6 is 23.8 Å². The molecule has 0 aliphatic rings. The van der Waals surface area contributed by atoms with Crippen LogP contribution in [0.5, 0.6) is 0 Å². The third kappa shape index (κ3) is 3.51. The zero-order valence-corrected chi connectivity index (χ0v) is 16.4. The monoisotopic (exact) mass is 404 g/mol. The molecule has 2 heterocycles. The van der Waals surface area contributed by atoms with Crippen LogP contribution in [-0.2, 0) is 14.1 Å². The molecule has 0 spiro atoms. The van der Waals surface area contributed by atoms with Gasteiger partial charge in [0.2, 0.25) is 0 Å². The molecule has 3 aromatic rings. The minimum atomic E-state index is -0.519. The van der Waals surface area contributed by atoms with Crippen LogP contribution < -0.4 is 16.2 Å². The average Bonchev–Trinajstić information content (AvgIpc) is 3.07. The van der Waals surface area contributed by atoms with Gasteiger partial charge in [-0.3, -0.25) is 24.3 Å². The van der Waals surface area contributed by atoms with Crippen molar-refractivity contribution in [3.05, 3.63) is 63.3 Å². The Balaban J connectivity index is 1.85. The molecule has 10 heteroatoms. The van der Waals surface area contributed by atoms with E-state index in [0.29, 0.717) is 5.69 Å². The van der Waals surface area contributed by atoms with E-state index in [-0.39, 0.29) is 27.1 Å². The highest BCUT2D eigenvalue weighted by Gasteiger charge is 2.20. The van der Waals surface area contributed by atoms with Crippen LogP contribution in [0.3, 0.4) is 0 Å². The zero-order chi connectivity index (χ0) is 19.7. The lowest BCUT2D eigenvalue weighted by Gasteiger charge is -2.09. The molecular formula is C17H17ClN6O2S. The first kappa shape index (κ1) is 18.9. The molecule has 2 aromatic heterocycles. The van der Waals surface area contributed by atoms with E-state index < -0.39 is 5.91 Å². The number of rotatable bonds is 3. The standard InChI is InChI=1S/C17H17ClN6O2S/c1-10-13(16(26)24(23(10)3)11-7-5-4-6-8-11)20-17(27)21-15(25)14-12(18)9-19-22(14)2/h4-9H,1-3H3,(H2,20,21,25,27). The van der Waals surface area contributed by atoms with Crippen LogP contribution in [0.2, 0.25) is 5.02 Å². The van der Waals surface area contributed by atoms with Crippen molar-refractivity contribution >= 4 is 40.5 Å². The molecular weight excluding hydrogens is 388 g/mol. The first-order valence-electron chi connectivity index (χ1n) is 7.95. The summed E-state index contributed by atoms with van der Waals surface area (Å²) in [6.45, 7) is 1.78. The van der Waals surface area contributed by atoms with Crippen molar-refractivity contribution in [2.75, 3.05) is 5.32 Å². The molecule has 0 saturated carbocycles. The minimum absolute atomic E-state index is 0.0109. The summed E-state index contributed by atoms with van der Waals surface area (Å²) in [6.07, 6.45) is 1.37. The van der Waals surface area contributed by atoms with E-state index in [2.05, 4.69) is 15.7 Å². The van der Waals surface area contributed by atoms with E-state index in [0.717, 1.165) is 5.69 Å². The second-order valence-corrected chi connectivity index (χ2v) is 6.62. The molecule has 8 nitrogen and oxygen atoms in total. The fourth-order valence-electron chi connectivity index (χ4n) is 2.69. The molecule has 1 amide bonds. The van der Waals surface area contributed by atoms with Gasteiger partial charge in [-0.1, -0.05) is 29.8 Å². The molecule has 0 aliphatic heterocycles. The molecule has 0 atom stereocenters. The lowest BCUT2D eigenvalue weighted by atomic mass is 10.3. The van der Waals surface area contributed by atoms with E-state index >= 15 is 0 Å². The van der Waals surface area contributed by atoms with Crippen molar-refractivity contribution < 1.29 is 4.79 Å². The molecule has 140 valence electrons. The Hall–Kier alpha value is -2.91. The normalized spacial score (nSPS) is 10.7. The lowest BCUT2D eigenvalue weighted by molar-refractivity contribution is 0.0968. The van der Waals surface area contributed by atoms with Gasteiger partial charge in [0.15, 0.2) is 5.11 Å². The van der Waals surface area contributed by atoms with Crippen molar-refractivity contribution in [2.24, 2.45) is 14.1 Å². The number of halogens is 1. The van der Waals surface area contributed by atoms with Gasteiger partial charge in [0.05, 0.1) is 22.6 Å². The predicted molar refractivity (Wildman–Crippen MR) is 108 cm³/mol. The summed E-state index contributed by atoms with van der Waals surface area (Å²) in [6, 6.07) is 9.22. The van der Waals surface area contributed by atoms with Gasteiger partial charge >= 0.3 is 0 Å². The Morgan fingerprint density at radius 1 is 1.22 bits per heavy atom. The third-order valence-electron chi connectivity index (χ3n) is 4.13. The maximum atomic E-state index is 12.8. The molecule has 3 rings (SSSR count). The third-order valence-corrected chi connectivity index (χ3v) is 4.61. The topological polar surface area (TPSA) is 85.9 Å². The fourth-order valence-corrected chi connectivity index (χ4v) is 3.13. The van der Waals surface area contributed by atoms with Gasteiger partial charge in [0.25, 0.3) is 11.5 Å². The van der Waals surface area contributed by atoms with Crippen molar-refractivity contribution in [3.63, 3.8) is 0 Å². The number of nitrogens with zero attached hydrogens (tertiary/aromatic N) is 4. The Labute approximate surface area is 165 Å². The number of hydrogen-bond donors (Lipinski definition) is 2. The second kappa shape index (κ2) is 7.37. The van der Waals surface area contributed by atoms with E-state index in [4.69, 9.17) is 23.8 Å². The number of anilines is 1. The van der Waals surface area contributed by atoms with Crippen molar-refractivity contribution in [1.82, 2.24) is 24.5 Å². The summed E-state index contributed by atoms with van der Waals surface area (Å²) in [5.41, 5.74) is 1.56. The molecule has 2 N–H and O–H groups in total.